The van der Waals surface area contributed by atoms with E-state index in [-0.39, 0.29) is 0 Å². The highest BCUT2D eigenvalue weighted by atomic mass is 15.0. The number of aryl methyl sites for hydroxylation is 2. The molecule has 0 N–H and O–H groups in total. The Hall–Kier alpha value is -1.24. The minimum Gasteiger partial charge on any atom is -0.347 e. The van der Waals surface area contributed by atoms with Crippen molar-refractivity contribution in [2.45, 2.75) is 64.3 Å². The molecule has 0 radical (unpaired) electrons. The predicted octanol–water partition coefficient (Wildman–Crippen LogP) is 5.32. The summed E-state index contributed by atoms with van der Waals surface area (Å²) in [6, 6.07) is 8.93. The first-order valence-electron chi connectivity index (χ1n) is 8.02. The van der Waals surface area contributed by atoms with Gasteiger partial charge in [-0.15, -0.1) is 0 Å². The number of fused-ring (bicyclic) bond motifs is 5. The van der Waals surface area contributed by atoms with Gasteiger partial charge in [0.2, 0.25) is 0 Å². The van der Waals surface area contributed by atoms with E-state index in [1.54, 1.807) is 5.56 Å². The summed E-state index contributed by atoms with van der Waals surface area (Å²) < 4.78 is 2.49. The summed E-state index contributed by atoms with van der Waals surface area (Å²) >= 11 is 0. The molecule has 0 amide bonds. The zero-order chi connectivity index (χ0) is 12.9. The number of aromatic nitrogens is 1. The van der Waals surface area contributed by atoms with Crippen LogP contribution < -0.4 is 0 Å². The van der Waals surface area contributed by atoms with E-state index in [2.05, 4.69) is 35.0 Å². The van der Waals surface area contributed by atoms with Crippen LogP contribution >= 0.6 is 0 Å². The van der Waals surface area contributed by atoms with Crippen molar-refractivity contribution in [2.24, 2.45) is 0 Å². The van der Waals surface area contributed by atoms with Gasteiger partial charge in [-0.25, -0.2) is 0 Å². The third-order valence-electron chi connectivity index (χ3n) is 4.47. The zero-order valence-corrected chi connectivity index (χ0v) is 11.9. The van der Waals surface area contributed by atoms with Gasteiger partial charge in [-0.1, -0.05) is 56.7 Å². The Labute approximate surface area is 116 Å². The lowest BCUT2D eigenvalue weighted by Crippen LogP contribution is -1.95. The van der Waals surface area contributed by atoms with Gasteiger partial charge in [0.1, 0.15) is 0 Å². The summed E-state index contributed by atoms with van der Waals surface area (Å²) in [4.78, 5) is 0. The molecule has 3 rings (SSSR count). The third-order valence-corrected chi connectivity index (χ3v) is 4.47. The van der Waals surface area contributed by atoms with Crippen molar-refractivity contribution in [3.05, 3.63) is 36.0 Å². The highest BCUT2D eigenvalue weighted by Gasteiger charge is 2.08. The smallest absolute Gasteiger partial charge is 0.0483 e. The molecule has 1 aromatic carbocycles. The van der Waals surface area contributed by atoms with Crippen molar-refractivity contribution in [1.29, 1.82) is 0 Å². The fraction of sp³-hybridized carbons (Fsp3) is 0.556. The average Bonchev–Trinajstić information content (AvgIpc) is 2.80. The monoisotopic (exact) mass is 255 g/mol. The van der Waals surface area contributed by atoms with Crippen molar-refractivity contribution in [2.75, 3.05) is 0 Å². The SMILES string of the molecule is c1ccc2c(c1)c1cn2CCCCCCCCCC1. The summed E-state index contributed by atoms with van der Waals surface area (Å²) in [5, 5.41) is 1.49. The minimum absolute atomic E-state index is 1.19. The van der Waals surface area contributed by atoms with Crippen LogP contribution in [0.4, 0.5) is 0 Å². The van der Waals surface area contributed by atoms with E-state index >= 15 is 0 Å². The highest BCUT2D eigenvalue weighted by Crippen LogP contribution is 2.24. The number of nitrogens with zero attached hydrogens (tertiary/aromatic N) is 1. The van der Waals surface area contributed by atoms with Crippen molar-refractivity contribution >= 4 is 10.9 Å². The van der Waals surface area contributed by atoms with Crippen LogP contribution in [0.25, 0.3) is 10.9 Å². The quantitative estimate of drug-likeness (QED) is 0.600. The number of benzene rings is 1. The molecule has 1 heteroatoms. The molecule has 0 unspecified atom stereocenters. The van der Waals surface area contributed by atoms with Crippen LogP contribution in [0.5, 0.6) is 0 Å². The molecule has 0 saturated heterocycles. The van der Waals surface area contributed by atoms with Crippen LogP contribution in [0.2, 0.25) is 0 Å². The third kappa shape index (κ3) is 3.02. The fourth-order valence-corrected chi connectivity index (χ4v) is 3.37. The maximum atomic E-state index is 2.49. The summed E-state index contributed by atoms with van der Waals surface area (Å²) in [5.74, 6) is 0. The second-order valence-corrected chi connectivity index (χ2v) is 5.94. The van der Waals surface area contributed by atoms with Gasteiger partial charge in [-0.2, -0.15) is 0 Å². The molecule has 2 aromatic rings. The molecule has 0 atom stereocenters. The number of hydrogen-bond acceptors (Lipinski definition) is 0. The molecule has 0 aliphatic carbocycles. The van der Waals surface area contributed by atoms with Gasteiger partial charge in [0.15, 0.2) is 0 Å². The Bertz CT molecular complexity index is 477. The van der Waals surface area contributed by atoms with Crippen LogP contribution in [-0.4, -0.2) is 4.57 Å². The van der Waals surface area contributed by atoms with Crippen molar-refractivity contribution in [1.82, 2.24) is 4.57 Å². The van der Waals surface area contributed by atoms with Gasteiger partial charge in [0.05, 0.1) is 0 Å². The molecule has 1 aliphatic heterocycles. The van der Waals surface area contributed by atoms with Crippen LogP contribution in [0.1, 0.15) is 56.9 Å². The number of rotatable bonds is 0. The lowest BCUT2D eigenvalue weighted by atomic mass is 10.0. The van der Waals surface area contributed by atoms with Crippen LogP contribution in [0, 0.1) is 0 Å². The lowest BCUT2D eigenvalue weighted by Gasteiger charge is -2.05. The molecule has 2 bridgehead atoms. The van der Waals surface area contributed by atoms with Gasteiger partial charge in [0, 0.05) is 23.6 Å². The second kappa shape index (κ2) is 6.27. The molecule has 0 saturated carbocycles. The highest BCUT2D eigenvalue weighted by molar-refractivity contribution is 5.83. The van der Waals surface area contributed by atoms with Gasteiger partial charge in [-0.05, 0) is 30.9 Å². The number of hydrogen-bond donors (Lipinski definition) is 0. The van der Waals surface area contributed by atoms with E-state index in [1.165, 1.54) is 75.2 Å². The summed E-state index contributed by atoms with van der Waals surface area (Å²) in [6.07, 6.45) is 14.9. The maximum Gasteiger partial charge on any atom is 0.0483 e. The van der Waals surface area contributed by atoms with E-state index in [4.69, 9.17) is 0 Å². The fourth-order valence-electron chi connectivity index (χ4n) is 3.37. The molecular weight excluding hydrogens is 230 g/mol. The largest absolute Gasteiger partial charge is 0.347 e. The first-order chi connectivity index (χ1) is 9.45. The van der Waals surface area contributed by atoms with Gasteiger partial charge in [0.25, 0.3) is 0 Å². The summed E-state index contributed by atoms with van der Waals surface area (Å²) in [7, 11) is 0. The van der Waals surface area contributed by atoms with Gasteiger partial charge in [-0.3, -0.25) is 0 Å². The Kier molecular flexibility index (Phi) is 4.22. The van der Waals surface area contributed by atoms with E-state index in [0.29, 0.717) is 0 Å². The number of para-hydroxylation sites is 1. The van der Waals surface area contributed by atoms with E-state index < -0.39 is 0 Å². The average molecular weight is 255 g/mol. The van der Waals surface area contributed by atoms with Crippen molar-refractivity contribution < 1.29 is 0 Å². The van der Waals surface area contributed by atoms with Crippen molar-refractivity contribution in [3.8, 4) is 0 Å². The molecule has 1 aromatic heterocycles. The second-order valence-electron chi connectivity index (χ2n) is 5.94. The first-order valence-corrected chi connectivity index (χ1v) is 8.02. The zero-order valence-electron chi connectivity index (χ0n) is 11.9. The molecule has 0 fully saturated rings. The molecule has 0 spiro atoms. The Morgan fingerprint density at radius 3 is 2.26 bits per heavy atom. The van der Waals surface area contributed by atoms with Crippen LogP contribution in [0.15, 0.2) is 30.5 Å². The Morgan fingerprint density at radius 1 is 0.737 bits per heavy atom. The van der Waals surface area contributed by atoms with Gasteiger partial charge >= 0.3 is 0 Å². The van der Waals surface area contributed by atoms with Crippen molar-refractivity contribution in [3.63, 3.8) is 0 Å². The minimum atomic E-state index is 1.19. The van der Waals surface area contributed by atoms with E-state index in [0.717, 1.165) is 0 Å². The summed E-state index contributed by atoms with van der Waals surface area (Å²) in [5.41, 5.74) is 3.00. The molecule has 1 nitrogen and oxygen atoms in total. The molecule has 1 aliphatic rings. The van der Waals surface area contributed by atoms with Crippen LogP contribution in [0.3, 0.4) is 0 Å². The summed E-state index contributed by atoms with van der Waals surface area (Å²) in [6.45, 7) is 1.19. The maximum absolute atomic E-state index is 2.49. The molecule has 102 valence electrons. The topological polar surface area (TPSA) is 4.93 Å². The normalized spacial score (nSPS) is 18.5. The van der Waals surface area contributed by atoms with Gasteiger partial charge < -0.3 is 4.57 Å². The standard InChI is InChI=1S/C18H25N/c1-2-4-6-10-14-19-15-16(11-7-5-3-1)17-12-8-9-13-18(17)19/h8-9,12-13,15H,1-7,10-11,14H2. The molecule has 19 heavy (non-hydrogen) atoms. The Morgan fingerprint density at radius 2 is 1.42 bits per heavy atom. The lowest BCUT2D eigenvalue weighted by molar-refractivity contribution is 0.549. The van der Waals surface area contributed by atoms with E-state index in [1.807, 2.05) is 0 Å². The molecule has 2 heterocycles. The first kappa shape index (κ1) is 12.8. The Balaban J connectivity index is 1.87. The predicted molar refractivity (Wildman–Crippen MR) is 82.6 cm³/mol. The van der Waals surface area contributed by atoms with E-state index in [9.17, 15) is 0 Å². The molecular formula is C18H25N. The van der Waals surface area contributed by atoms with Crippen LogP contribution in [-0.2, 0) is 13.0 Å².